The molecule has 0 unspecified atom stereocenters. The number of benzene rings is 1. The van der Waals surface area contributed by atoms with Crippen LogP contribution in [-0.4, -0.2) is 38.5 Å². The molecule has 1 aromatic rings. The van der Waals surface area contributed by atoms with Gasteiger partial charge in [-0.25, -0.2) is 4.79 Å². The standard InChI is InChI=1S/C19H32N2O4S/c1-5-6-7-8-9-13-16-20(4)26(23,24)21(19(22)25-17(2)3)18-14-11-10-12-15-18/h10-12,14-15,17H,5-9,13,16H2,1-4H3. The topological polar surface area (TPSA) is 66.9 Å². The van der Waals surface area contributed by atoms with Gasteiger partial charge in [0, 0.05) is 13.6 Å². The molecule has 0 aliphatic rings. The molecule has 0 spiro atoms. The van der Waals surface area contributed by atoms with Crippen LogP contribution in [0.3, 0.4) is 0 Å². The van der Waals surface area contributed by atoms with Crippen LogP contribution in [0.25, 0.3) is 0 Å². The molecule has 0 radical (unpaired) electrons. The lowest BCUT2D eigenvalue weighted by atomic mass is 10.1. The molecule has 0 atom stereocenters. The van der Waals surface area contributed by atoms with Crippen molar-refractivity contribution in [3.05, 3.63) is 30.3 Å². The highest BCUT2D eigenvalue weighted by Gasteiger charge is 2.34. The van der Waals surface area contributed by atoms with Gasteiger partial charge in [-0.05, 0) is 32.4 Å². The highest BCUT2D eigenvalue weighted by atomic mass is 32.2. The minimum atomic E-state index is -4.00. The molecule has 0 saturated heterocycles. The number of unbranched alkanes of at least 4 members (excludes halogenated alkanes) is 5. The third-order valence-electron chi connectivity index (χ3n) is 3.94. The summed E-state index contributed by atoms with van der Waals surface area (Å²) >= 11 is 0. The molecule has 7 heteroatoms. The summed E-state index contributed by atoms with van der Waals surface area (Å²) in [4.78, 5) is 12.5. The first kappa shape index (κ1) is 22.4. The van der Waals surface area contributed by atoms with Crippen molar-refractivity contribution >= 4 is 22.0 Å². The Kier molecular flexibility index (Phi) is 9.65. The molecule has 0 bridgehead atoms. The van der Waals surface area contributed by atoms with Crippen LogP contribution in [0.2, 0.25) is 0 Å². The van der Waals surface area contributed by atoms with Gasteiger partial charge in [-0.2, -0.15) is 17.0 Å². The van der Waals surface area contributed by atoms with Crippen LogP contribution in [0.4, 0.5) is 10.5 Å². The van der Waals surface area contributed by atoms with Gasteiger partial charge in [-0.3, -0.25) is 0 Å². The van der Waals surface area contributed by atoms with Crippen LogP contribution < -0.4 is 4.31 Å². The van der Waals surface area contributed by atoms with E-state index >= 15 is 0 Å². The van der Waals surface area contributed by atoms with Gasteiger partial charge in [0.05, 0.1) is 11.8 Å². The monoisotopic (exact) mass is 384 g/mol. The number of ether oxygens (including phenoxy) is 1. The fraction of sp³-hybridized carbons (Fsp3) is 0.632. The Balaban J connectivity index is 2.84. The van der Waals surface area contributed by atoms with Gasteiger partial charge in [0.15, 0.2) is 0 Å². The smallest absolute Gasteiger partial charge is 0.429 e. The van der Waals surface area contributed by atoms with E-state index in [1.807, 2.05) is 0 Å². The van der Waals surface area contributed by atoms with Crippen LogP contribution in [0.5, 0.6) is 0 Å². The summed E-state index contributed by atoms with van der Waals surface area (Å²) in [5, 5.41) is 0. The van der Waals surface area contributed by atoms with Crippen LogP contribution in [0.15, 0.2) is 30.3 Å². The number of hydrogen-bond acceptors (Lipinski definition) is 4. The Morgan fingerprint density at radius 2 is 1.62 bits per heavy atom. The second-order valence-corrected chi connectivity index (χ2v) is 8.51. The molecule has 1 rings (SSSR count). The molecule has 26 heavy (non-hydrogen) atoms. The highest BCUT2D eigenvalue weighted by molar-refractivity contribution is 7.91. The maximum absolute atomic E-state index is 13.0. The number of carbonyl (C=O) groups is 1. The highest BCUT2D eigenvalue weighted by Crippen LogP contribution is 2.22. The summed E-state index contributed by atoms with van der Waals surface area (Å²) in [6.07, 6.45) is 5.09. The van der Waals surface area contributed by atoms with Crippen LogP contribution in [-0.2, 0) is 14.9 Å². The van der Waals surface area contributed by atoms with E-state index in [4.69, 9.17) is 4.74 Å². The first-order chi connectivity index (χ1) is 12.3. The quantitative estimate of drug-likeness (QED) is 0.524. The predicted octanol–water partition coefficient (Wildman–Crippen LogP) is 4.58. The molecule has 1 aromatic carbocycles. The minimum absolute atomic E-state index is 0.271. The van der Waals surface area contributed by atoms with Gasteiger partial charge in [0.1, 0.15) is 0 Å². The zero-order chi connectivity index (χ0) is 19.6. The fourth-order valence-corrected chi connectivity index (χ4v) is 3.77. The molecule has 6 nitrogen and oxygen atoms in total. The van der Waals surface area contributed by atoms with Gasteiger partial charge in [0.2, 0.25) is 0 Å². The van der Waals surface area contributed by atoms with Gasteiger partial charge in [0.25, 0.3) is 0 Å². The fourth-order valence-electron chi connectivity index (χ4n) is 2.52. The lowest BCUT2D eigenvalue weighted by molar-refractivity contribution is 0.126. The van der Waals surface area contributed by atoms with Crippen LogP contribution in [0, 0.1) is 0 Å². The van der Waals surface area contributed by atoms with Crippen molar-refractivity contribution < 1.29 is 17.9 Å². The van der Waals surface area contributed by atoms with Crippen molar-refractivity contribution in [2.75, 3.05) is 17.9 Å². The molecule has 148 valence electrons. The summed E-state index contributed by atoms with van der Waals surface area (Å²) in [5.74, 6) is 0. The average Bonchev–Trinajstić information content (AvgIpc) is 2.58. The second kappa shape index (κ2) is 11.2. The normalized spacial score (nSPS) is 11.8. The molecule has 0 heterocycles. The molecule has 0 aromatic heterocycles. The summed E-state index contributed by atoms with van der Waals surface area (Å²) in [6, 6.07) is 8.31. The number of amides is 1. The maximum Gasteiger partial charge on any atom is 0.429 e. The Labute approximate surface area is 158 Å². The third-order valence-corrected chi connectivity index (χ3v) is 5.74. The molecular weight excluding hydrogens is 352 g/mol. The van der Waals surface area contributed by atoms with E-state index in [-0.39, 0.29) is 5.69 Å². The zero-order valence-electron chi connectivity index (χ0n) is 16.3. The minimum Gasteiger partial charge on any atom is -0.446 e. The summed E-state index contributed by atoms with van der Waals surface area (Å²) in [6.45, 7) is 5.91. The second-order valence-electron chi connectivity index (χ2n) is 6.63. The number of para-hydroxylation sites is 1. The van der Waals surface area contributed by atoms with E-state index in [0.717, 1.165) is 23.6 Å². The van der Waals surface area contributed by atoms with E-state index in [0.29, 0.717) is 6.54 Å². The molecule has 0 aliphatic heterocycles. The van der Waals surface area contributed by atoms with Gasteiger partial charge >= 0.3 is 16.3 Å². The molecule has 0 aliphatic carbocycles. The van der Waals surface area contributed by atoms with Crippen LogP contribution in [0.1, 0.15) is 59.3 Å². The molecule has 0 saturated carbocycles. The SMILES string of the molecule is CCCCCCCCN(C)S(=O)(=O)N(C(=O)OC(C)C)c1ccccc1. The van der Waals surface area contributed by atoms with Crippen molar-refractivity contribution in [1.29, 1.82) is 0 Å². The van der Waals surface area contributed by atoms with Gasteiger partial charge in [-0.1, -0.05) is 57.2 Å². The lowest BCUT2D eigenvalue weighted by Crippen LogP contribution is -2.46. The zero-order valence-corrected chi connectivity index (χ0v) is 17.2. The van der Waals surface area contributed by atoms with Crippen molar-refractivity contribution in [2.45, 2.75) is 65.4 Å². The molecule has 0 fully saturated rings. The van der Waals surface area contributed by atoms with E-state index in [1.165, 1.54) is 30.6 Å². The van der Waals surface area contributed by atoms with Crippen molar-refractivity contribution in [3.8, 4) is 0 Å². The van der Waals surface area contributed by atoms with Crippen molar-refractivity contribution in [2.24, 2.45) is 0 Å². The van der Waals surface area contributed by atoms with Gasteiger partial charge < -0.3 is 4.74 Å². The molecule has 1 amide bonds. The van der Waals surface area contributed by atoms with Crippen molar-refractivity contribution in [3.63, 3.8) is 0 Å². The van der Waals surface area contributed by atoms with E-state index in [2.05, 4.69) is 6.92 Å². The maximum atomic E-state index is 13.0. The molecule has 0 N–H and O–H groups in total. The number of nitrogens with zero attached hydrogens (tertiary/aromatic N) is 2. The number of rotatable bonds is 11. The summed E-state index contributed by atoms with van der Waals surface area (Å²) < 4.78 is 33.1. The molecular formula is C19H32N2O4S. The summed E-state index contributed by atoms with van der Waals surface area (Å²) in [5.41, 5.74) is 0.271. The Bertz CT molecular complexity index is 632. The predicted molar refractivity (Wildman–Crippen MR) is 105 cm³/mol. The number of hydrogen-bond donors (Lipinski definition) is 0. The third kappa shape index (κ3) is 6.96. The summed E-state index contributed by atoms with van der Waals surface area (Å²) in [7, 11) is -2.50. The Morgan fingerprint density at radius 3 is 2.19 bits per heavy atom. The first-order valence-corrected chi connectivity index (χ1v) is 10.7. The average molecular weight is 385 g/mol. The number of anilines is 1. The van der Waals surface area contributed by atoms with E-state index in [9.17, 15) is 13.2 Å². The van der Waals surface area contributed by atoms with Crippen LogP contribution >= 0.6 is 0 Å². The number of carbonyl (C=O) groups excluding carboxylic acids is 1. The van der Waals surface area contributed by atoms with Crippen molar-refractivity contribution in [1.82, 2.24) is 4.31 Å². The lowest BCUT2D eigenvalue weighted by Gasteiger charge is -2.27. The first-order valence-electron chi connectivity index (χ1n) is 9.33. The van der Waals surface area contributed by atoms with E-state index in [1.54, 1.807) is 44.2 Å². The van der Waals surface area contributed by atoms with Gasteiger partial charge in [-0.15, -0.1) is 0 Å². The largest absolute Gasteiger partial charge is 0.446 e. The Morgan fingerprint density at radius 1 is 1.04 bits per heavy atom. The Hall–Kier alpha value is -1.60. The van der Waals surface area contributed by atoms with E-state index < -0.39 is 22.4 Å².